The van der Waals surface area contributed by atoms with Crippen molar-refractivity contribution in [1.82, 2.24) is 0 Å². The van der Waals surface area contributed by atoms with Crippen LogP contribution in [0.4, 0.5) is 0 Å². The first-order chi connectivity index (χ1) is 11.8. The minimum Gasteiger partial charge on any atom is -0.494 e. The zero-order valence-electron chi connectivity index (χ0n) is 13.3. The number of oxime groups is 1. The van der Waals surface area contributed by atoms with Crippen LogP contribution in [0, 0.1) is 0 Å². The van der Waals surface area contributed by atoms with Gasteiger partial charge in [0.2, 0.25) is 0 Å². The summed E-state index contributed by atoms with van der Waals surface area (Å²) in [5.41, 5.74) is 2.70. The maximum Gasteiger partial charge on any atom is 0.189 e. The van der Waals surface area contributed by atoms with E-state index >= 15 is 0 Å². The van der Waals surface area contributed by atoms with E-state index in [4.69, 9.17) is 30.6 Å². The molecule has 0 bridgehead atoms. The molecule has 5 nitrogen and oxygen atoms in total. The lowest BCUT2D eigenvalue weighted by atomic mass is 10.1. The summed E-state index contributed by atoms with van der Waals surface area (Å²) < 4.78 is 16.2. The van der Waals surface area contributed by atoms with Crippen molar-refractivity contribution in [1.29, 1.82) is 0 Å². The Morgan fingerprint density at radius 1 is 1.25 bits per heavy atom. The molecule has 0 spiro atoms. The van der Waals surface area contributed by atoms with Crippen molar-refractivity contribution in [2.75, 3.05) is 13.4 Å². The van der Waals surface area contributed by atoms with Crippen LogP contribution in [0.1, 0.15) is 23.6 Å². The highest BCUT2D eigenvalue weighted by Crippen LogP contribution is 2.32. The van der Waals surface area contributed by atoms with E-state index in [0.29, 0.717) is 18.2 Å². The van der Waals surface area contributed by atoms with Gasteiger partial charge in [0, 0.05) is 16.1 Å². The first-order valence-corrected chi connectivity index (χ1v) is 8.04. The van der Waals surface area contributed by atoms with Gasteiger partial charge in [-0.3, -0.25) is 0 Å². The van der Waals surface area contributed by atoms with Gasteiger partial charge < -0.3 is 19.0 Å². The number of hydrogen-bond acceptors (Lipinski definition) is 5. The lowest BCUT2D eigenvalue weighted by molar-refractivity contribution is -0.0183. The van der Waals surface area contributed by atoms with Crippen LogP contribution in [0.25, 0.3) is 0 Å². The van der Waals surface area contributed by atoms with Crippen molar-refractivity contribution >= 4 is 17.8 Å². The third kappa shape index (κ3) is 4.19. The maximum absolute atomic E-state index is 6.11. The first-order valence-electron chi connectivity index (χ1n) is 7.66. The van der Waals surface area contributed by atoms with Crippen LogP contribution in [0.5, 0.6) is 11.5 Å². The van der Waals surface area contributed by atoms with Crippen molar-refractivity contribution in [3.8, 4) is 11.5 Å². The zero-order valence-corrected chi connectivity index (χ0v) is 14.1. The van der Waals surface area contributed by atoms with Gasteiger partial charge in [0.1, 0.15) is 18.1 Å². The lowest BCUT2D eigenvalue weighted by Gasteiger charge is -2.20. The van der Waals surface area contributed by atoms with Gasteiger partial charge in [-0.25, -0.2) is 0 Å². The summed E-state index contributed by atoms with van der Waals surface area (Å²) in [4.78, 5) is 5.38. The van der Waals surface area contributed by atoms with Crippen LogP contribution in [-0.4, -0.2) is 19.6 Å². The quantitative estimate of drug-likeness (QED) is 0.581. The molecule has 0 aromatic heterocycles. The van der Waals surface area contributed by atoms with Crippen LogP contribution in [0.2, 0.25) is 5.02 Å². The normalized spacial score (nSPS) is 13.4. The average molecular weight is 348 g/mol. The molecule has 0 saturated heterocycles. The van der Waals surface area contributed by atoms with Crippen LogP contribution >= 0.6 is 11.6 Å². The Bertz CT molecular complexity index is 716. The summed E-state index contributed by atoms with van der Waals surface area (Å²) in [6.45, 7) is 3.59. The third-order valence-corrected chi connectivity index (χ3v) is 3.66. The van der Waals surface area contributed by atoms with E-state index in [1.165, 1.54) is 0 Å². The predicted octanol–water partition coefficient (Wildman–Crippen LogP) is 4.16. The summed E-state index contributed by atoms with van der Waals surface area (Å²) in [6.07, 6.45) is 1.65. The van der Waals surface area contributed by atoms with Crippen molar-refractivity contribution in [3.05, 3.63) is 58.1 Å². The van der Waals surface area contributed by atoms with E-state index in [1.807, 2.05) is 43.3 Å². The molecule has 1 aliphatic heterocycles. The zero-order chi connectivity index (χ0) is 16.8. The second kappa shape index (κ2) is 8.04. The summed E-state index contributed by atoms with van der Waals surface area (Å²) in [6, 6.07) is 11.3. The summed E-state index contributed by atoms with van der Waals surface area (Å²) in [5, 5.41) is 4.62. The Hall–Kier alpha value is -2.24. The van der Waals surface area contributed by atoms with E-state index in [-0.39, 0.29) is 13.4 Å². The second-order valence-electron chi connectivity index (χ2n) is 5.17. The number of fused-ring (bicyclic) bond motifs is 1. The Morgan fingerprint density at radius 3 is 2.88 bits per heavy atom. The number of ether oxygens (including phenoxy) is 3. The van der Waals surface area contributed by atoms with Crippen molar-refractivity contribution in [2.45, 2.75) is 20.1 Å². The highest BCUT2D eigenvalue weighted by molar-refractivity contribution is 6.30. The molecule has 3 rings (SSSR count). The third-order valence-electron chi connectivity index (χ3n) is 3.44. The lowest BCUT2D eigenvalue weighted by Crippen LogP contribution is -2.13. The molecule has 0 saturated carbocycles. The summed E-state index contributed by atoms with van der Waals surface area (Å²) in [5.74, 6) is 1.60. The SMILES string of the molecule is CCOc1ccc(/C=N\OCc2cc(Cl)cc3c2OCOC3)cc1. The van der Waals surface area contributed by atoms with Gasteiger partial charge in [0.15, 0.2) is 6.79 Å². The van der Waals surface area contributed by atoms with Gasteiger partial charge >= 0.3 is 0 Å². The van der Waals surface area contributed by atoms with Crippen LogP contribution in [0.15, 0.2) is 41.6 Å². The Kier molecular flexibility index (Phi) is 5.56. The molecule has 0 amide bonds. The minimum atomic E-state index is 0.233. The van der Waals surface area contributed by atoms with E-state index in [1.54, 1.807) is 6.21 Å². The van der Waals surface area contributed by atoms with E-state index < -0.39 is 0 Å². The van der Waals surface area contributed by atoms with Gasteiger partial charge in [-0.05, 0) is 48.9 Å². The molecule has 0 unspecified atom stereocenters. The van der Waals surface area contributed by atoms with E-state index in [0.717, 1.165) is 28.2 Å². The Balaban J connectivity index is 1.61. The highest BCUT2D eigenvalue weighted by atomic mass is 35.5. The van der Waals surface area contributed by atoms with Crippen molar-refractivity contribution in [3.63, 3.8) is 0 Å². The fourth-order valence-corrected chi connectivity index (χ4v) is 2.65. The van der Waals surface area contributed by atoms with Gasteiger partial charge in [0.25, 0.3) is 0 Å². The molecule has 2 aromatic rings. The second-order valence-corrected chi connectivity index (χ2v) is 5.61. The maximum atomic E-state index is 6.11. The molecule has 6 heteroatoms. The average Bonchev–Trinajstić information content (AvgIpc) is 2.60. The van der Waals surface area contributed by atoms with E-state index in [9.17, 15) is 0 Å². The smallest absolute Gasteiger partial charge is 0.189 e. The molecule has 2 aromatic carbocycles. The molecule has 0 N–H and O–H groups in total. The molecule has 0 aliphatic carbocycles. The van der Waals surface area contributed by atoms with Crippen LogP contribution < -0.4 is 9.47 Å². The monoisotopic (exact) mass is 347 g/mol. The summed E-state index contributed by atoms with van der Waals surface area (Å²) >= 11 is 6.11. The molecule has 24 heavy (non-hydrogen) atoms. The van der Waals surface area contributed by atoms with Gasteiger partial charge in [-0.1, -0.05) is 16.8 Å². The Labute approximate surface area is 145 Å². The molecular formula is C18H18ClNO4. The molecule has 1 aliphatic rings. The first kappa shape index (κ1) is 16.6. The molecule has 1 heterocycles. The largest absolute Gasteiger partial charge is 0.494 e. The summed E-state index contributed by atoms with van der Waals surface area (Å²) in [7, 11) is 0. The van der Waals surface area contributed by atoms with E-state index in [2.05, 4.69) is 5.16 Å². The van der Waals surface area contributed by atoms with Crippen LogP contribution in [-0.2, 0) is 22.8 Å². The van der Waals surface area contributed by atoms with Gasteiger partial charge in [0.05, 0.1) is 19.4 Å². The molecule has 126 valence electrons. The Morgan fingerprint density at radius 2 is 2.08 bits per heavy atom. The number of benzene rings is 2. The van der Waals surface area contributed by atoms with Crippen LogP contribution in [0.3, 0.4) is 0 Å². The fourth-order valence-electron chi connectivity index (χ4n) is 2.39. The number of rotatable bonds is 6. The number of hydrogen-bond donors (Lipinski definition) is 0. The van der Waals surface area contributed by atoms with Crippen molar-refractivity contribution < 1.29 is 19.0 Å². The fraction of sp³-hybridized carbons (Fsp3) is 0.278. The number of nitrogens with zero attached hydrogens (tertiary/aromatic N) is 1. The molecule has 0 radical (unpaired) electrons. The highest BCUT2D eigenvalue weighted by Gasteiger charge is 2.16. The number of halogens is 1. The predicted molar refractivity (Wildman–Crippen MR) is 91.7 cm³/mol. The molecular weight excluding hydrogens is 330 g/mol. The topological polar surface area (TPSA) is 49.3 Å². The standard InChI is InChI=1S/C18H18ClNO4/c1-2-22-17-5-3-13(4-6-17)9-20-24-11-15-8-16(19)7-14-10-21-12-23-18(14)15/h3-9H,2,10-12H2,1H3/b20-9-. The molecule has 0 fully saturated rings. The minimum absolute atomic E-state index is 0.233. The molecule has 0 atom stereocenters. The van der Waals surface area contributed by atoms with Crippen molar-refractivity contribution in [2.24, 2.45) is 5.16 Å². The van der Waals surface area contributed by atoms with Gasteiger partial charge in [-0.15, -0.1) is 0 Å². The van der Waals surface area contributed by atoms with Gasteiger partial charge in [-0.2, -0.15) is 0 Å².